The summed E-state index contributed by atoms with van der Waals surface area (Å²) >= 11 is 0. The molecular weight excluding hydrogens is 432 g/mol. The van der Waals surface area contributed by atoms with Crippen LogP contribution in [0.15, 0.2) is 36.7 Å². The summed E-state index contributed by atoms with van der Waals surface area (Å²) in [4.78, 5) is 34.9. The number of fused-ring (bicyclic) bond motifs is 1. The first kappa shape index (κ1) is 24.1. The number of carbonyl (C=O) groups is 2. The molecule has 4 N–H and O–H groups in total. The summed E-state index contributed by atoms with van der Waals surface area (Å²) in [5, 5.41) is 19.3. The molecule has 1 saturated carbocycles. The Labute approximate surface area is 200 Å². The predicted molar refractivity (Wildman–Crippen MR) is 129 cm³/mol. The number of aliphatic hydroxyl groups excluding tert-OH is 1. The summed E-state index contributed by atoms with van der Waals surface area (Å²) in [7, 11) is 1.67. The molecule has 0 saturated heterocycles. The van der Waals surface area contributed by atoms with E-state index in [1.807, 2.05) is 6.07 Å². The van der Waals surface area contributed by atoms with Crippen molar-refractivity contribution in [1.29, 1.82) is 0 Å². The average Bonchev–Trinajstić information content (AvgIpc) is 2.87. The van der Waals surface area contributed by atoms with Crippen LogP contribution in [-0.2, 0) is 17.8 Å². The van der Waals surface area contributed by atoms with Crippen molar-refractivity contribution < 1.29 is 14.7 Å². The quantitative estimate of drug-likeness (QED) is 0.464. The second-order valence-electron chi connectivity index (χ2n) is 9.21. The van der Waals surface area contributed by atoms with Crippen LogP contribution in [0.5, 0.6) is 0 Å². The van der Waals surface area contributed by atoms with Gasteiger partial charge in [-0.05, 0) is 43.2 Å². The molecule has 2 heterocycles. The zero-order chi connectivity index (χ0) is 23.9. The third-order valence-electron chi connectivity index (χ3n) is 6.77. The van der Waals surface area contributed by atoms with E-state index in [0.717, 1.165) is 45.2 Å². The Morgan fingerprint density at radius 2 is 1.91 bits per heavy atom. The predicted octanol–water partition coefficient (Wildman–Crippen LogP) is 1.34. The van der Waals surface area contributed by atoms with Gasteiger partial charge in [-0.25, -0.2) is 9.97 Å². The van der Waals surface area contributed by atoms with Crippen LogP contribution in [-0.4, -0.2) is 70.6 Å². The lowest BCUT2D eigenvalue weighted by molar-refractivity contribution is -0.125. The number of β-amino-alcohol motifs (C(OH)–C–C–N with tert-alkyl or cyclic N) is 1. The number of benzene rings is 1. The van der Waals surface area contributed by atoms with Gasteiger partial charge in [0.25, 0.3) is 5.91 Å². The Bertz CT molecular complexity index is 992. The first-order valence-corrected chi connectivity index (χ1v) is 12.1. The molecule has 34 heavy (non-hydrogen) atoms. The van der Waals surface area contributed by atoms with Crippen LogP contribution in [0.2, 0.25) is 0 Å². The summed E-state index contributed by atoms with van der Waals surface area (Å²) in [5.74, 6) is 0.431. The monoisotopic (exact) mass is 466 g/mol. The molecular formula is C25H34N6O3. The first-order chi connectivity index (χ1) is 16.5. The van der Waals surface area contributed by atoms with Crippen molar-refractivity contribution in [3.63, 3.8) is 0 Å². The molecule has 0 spiro atoms. The minimum atomic E-state index is -0.663. The van der Waals surface area contributed by atoms with E-state index in [-0.39, 0.29) is 36.0 Å². The molecule has 9 nitrogen and oxygen atoms in total. The van der Waals surface area contributed by atoms with E-state index in [2.05, 4.69) is 49.0 Å². The molecule has 4 rings (SSSR count). The Kier molecular flexibility index (Phi) is 8.08. The molecule has 0 bridgehead atoms. The molecule has 9 heteroatoms. The van der Waals surface area contributed by atoms with E-state index < -0.39 is 6.10 Å². The SMILES string of the molecule is CNC(=O)C1CCC(Nc2cc(C(=O)NCC(O)CN3CCc4ccccc4C3)ncn2)CC1. The van der Waals surface area contributed by atoms with Gasteiger partial charge in [-0.15, -0.1) is 0 Å². The van der Waals surface area contributed by atoms with Crippen molar-refractivity contribution in [3.8, 4) is 0 Å². The van der Waals surface area contributed by atoms with Crippen molar-refractivity contribution in [2.24, 2.45) is 5.92 Å². The number of nitrogens with zero attached hydrogens (tertiary/aromatic N) is 3. The number of rotatable bonds is 8. The maximum absolute atomic E-state index is 12.6. The van der Waals surface area contributed by atoms with Gasteiger partial charge in [0, 0.05) is 51.3 Å². The molecule has 1 aliphatic carbocycles. The summed E-state index contributed by atoms with van der Waals surface area (Å²) in [6.07, 6.45) is 5.08. The highest BCUT2D eigenvalue weighted by Crippen LogP contribution is 2.26. The van der Waals surface area contributed by atoms with E-state index in [9.17, 15) is 14.7 Å². The number of hydrogen-bond donors (Lipinski definition) is 4. The molecule has 1 atom stereocenters. The van der Waals surface area contributed by atoms with Gasteiger partial charge in [-0.3, -0.25) is 14.5 Å². The van der Waals surface area contributed by atoms with Crippen molar-refractivity contribution in [3.05, 3.63) is 53.5 Å². The fourth-order valence-electron chi connectivity index (χ4n) is 4.85. The highest BCUT2D eigenvalue weighted by Gasteiger charge is 2.26. The fraction of sp³-hybridized carbons (Fsp3) is 0.520. The third kappa shape index (κ3) is 6.30. The summed E-state index contributed by atoms with van der Waals surface area (Å²) in [6.45, 7) is 2.37. The van der Waals surface area contributed by atoms with Crippen molar-refractivity contribution in [2.45, 2.75) is 50.8 Å². The highest BCUT2D eigenvalue weighted by atomic mass is 16.3. The van der Waals surface area contributed by atoms with Gasteiger partial charge in [0.15, 0.2) is 0 Å². The summed E-state index contributed by atoms with van der Waals surface area (Å²) in [6, 6.07) is 10.2. The summed E-state index contributed by atoms with van der Waals surface area (Å²) in [5.41, 5.74) is 2.93. The minimum absolute atomic E-state index is 0.0703. The first-order valence-electron chi connectivity index (χ1n) is 12.1. The molecule has 1 unspecified atom stereocenters. The molecule has 2 aromatic rings. The van der Waals surface area contributed by atoms with E-state index >= 15 is 0 Å². The van der Waals surface area contributed by atoms with Gasteiger partial charge in [0.05, 0.1) is 6.10 Å². The van der Waals surface area contributed by atoms with Crippen LogP contribution in [0, 0.1) is 5.92 Å². The standard InChI is InChI=1S/C25H34N6O3/c1-26-24(33)18-6-8-20(9-7-18)30-23-12-22(28-16-29-23)25(34)27-13-21(32)15-31-11-10-17-4-2-3-5-19(17)14-31/h2-5,12,16,18,20-21,32H,6-11,13-15H2,1H3,(H,26,33)(H,27,34)(H,28,29,30). The summed E-state index contributed by atoms with van der Waals surface area (Å²) < 4.78 is 0. The highest BCUT2D eigenvalue weighted by molar-refractivity contribution is 5.92. The van der Waals surface area contributed by atoms with Gasteiger partial charge in [0.2, 0.25) is 5.91 Å². The van der Waals surface area contributed by atoms with Crippen LogP contribution in [0.3, 0.4) is 0 Å². The second-order valence-corrected chi connectivity index (χ2v) is 9.21. The zero-order valence-corrected chi connectivity index (χ0v) is 19.7. The molecule has 1 aliphatic heterocycles. The molecule has 182 valence electrons. The van der Waals surface area contributed by atoms with E-state index in [4.69, 9.17) is 0 Å². The second kappa shape index (κ2) is 11.4. The Morgan fingerprint density at radius 1 is 1.15 bits per heavy atom. The number of aromatic nitrogens is 2. The van der Waals surface area contributed by atoms with Gasteiger partial charge in [-0.2, -0.15) is 0 Å². The topological polar surface area (TPSA) is 119 Å². The Balaban J connectivity index is 1.22. The molecule has 2 aliphatic rings. The van der Waals surface area contributed by atoms with E-state index in [0.29, 0.717) is 12.4 Å². The Morgan fingerprint density at radius 3 is 2.68 bits per heavy atom. The van der Waals surface area contributed by atoms with Crippen LogP contribution in [0.25, 0.3) is 0 Å². The number of aliphatic hydroxyl groups is 1. The minimum Gasteiger partial charge on any atom is -0.390 e. The number of hydrogen-bond acceptors (Lipinski definition) is 7. The van der Waals surface area contributed by atoms with Gasteiger partial charge in [0.1, 0.15) is 17.8 Å². The van der Waals surface area contributed by atoms with Crippen molar-refractivity contribution >= 4 is 17.6 Å². The van der Waals surface area contributed by atoms with Gasteiger partial charge < -0.3 is 21.1 Å². The normalized spacial score (nSPS) is 21.2. The molecule has 1 aromatic heterocycles. The van der Waals surface area contributed by atoms with E-state index in [1.165, 1.54) is 17.5 Å². The molecule has 2 amide bonds. The van der Waals surface area contributed by atoms with Crippen LogP contribution in [0.1, 0.15) is 47.3 Å². The lowest BCUT2D eigenvalue weighted by Crippen LogP contribution is -2.42. The number of amides is 2. The number of nitrogens with one attached hydrogen (secondary N) is 3. The van der Waals surface area contributed by atoms with Crippen LogP contribution >= 0.6 is 0 Å². The number of anilines is 1. The van der Waals surface area contributed by atoms with Gasteiger partial charge >= 0.3 is 0 Å². The maximum Gasteiger partial charge on any atom is 0.270 e. The third-order valence-corrected chi connectivity index (χ3v) is 6.77. The smallest absolute Gasteiger partial charge is 0.270 e. The van der Waals surface area contributed by atoms with Gasteiger partial charge in [-0.1, -0.05) is 24.3 Å². The van der Waals surface area contributed by atoms with E-state index in [1.54, 1.807) is 13.1 Å². The average molecular weight is 467 g/mol. The van der Waals surface area contributed by atoms with Crippen LogP contribution in [0.4, 0.5) is 5.82 Å². The number of carbonyl (C=O) groups excluding carboxylic acids is 2. The molecule has 0 radical (unpaired) electrons. The van der Waals surface area contributed by atoms with Crippen LogP contribution < -0.4 is 16.0 Å². The Hall–Kier alpha value is -3.04. The van der Waals surface area contributed by atoms with Crippen molar-refractivity contribution in [2.75, 3.05) is 32.0 Å². The molecule has 1 fully saturated rings. The largest absolute Gasteiger partial charge is 0.390 e. The zero-order valence-electron chi connectivity index (χ0n) is 19.7. The van der Waals surface area contributed by atoms with Crippen molar-refractivity contribution in [1.82, 2.24) is 25.5 Å². The molecule has 1 aromatic carbocycles. The maximum atomic E-state index is 12.6. The lowest BCUT2D eigenvalue weighted by atomic mass is 9.85. The fourth-order valence-corrected chi connectivity index (χ4v) is 4.85. The lowest BCUT2D eigenvalue weighted by Gasteiger charge is -2.30.